The Morgan fingerprint density at radius 1 is 0.886 bits per heavy atom. The Balaban J connectivity index is 1.16. The normalized spacial score (nSPS) is 17.9. The fourth-order valence-corrected chi connectivity index (χ4v) is 4.66. The molecule has 0 saturated carbocycles. The van der Waals surface area contributed by atoms with E-state index in [1.807, 2.05) is 42.5 Å². The number of hydrogen-bond acceptors (Lipinski definition) is 4. The molecule has 0 spiro atoms. The maximum absolute atomic E-state index is 14.1. The molecule has 1 saturated heterocycles. The van der Waals surface area contributed by atoms with E-state index in [9.17, 15) is 13.6 Å². The third kappa shape index (κ3) is 5.19. The number of piperazine rings is 1. The summed E-state index contributed by atoms with van der Waals surface area (Å²) in [7, 11) is 0. The molecule has 5 rings (SSSR count). The molecule has 2 heterocycles. The number of amides is 1. The molecule has 1 amide bonds. The van der Waals surface area contributed by atoms with E-state index in [0.29, 0.717) is 25.2 Å². The second-order valence-electron chi connectivity index (χ2n) is 8.83. The number of halogens is 2. The molecule has 2 aliphatic rings. The highest BCUT2D eigenvalue weighted by Crippen LogP contribution is 2.33. The van der Waals surface area contributed by atoms with Crippen LogP contribution in [0.4, 0.5) is 19.3 Å². The van der Waals surface area contributed by atoms with Crippen LogP contribution in [0.2, 0.25) is 0 Å². The molecule has 0 bridgehead atoms. The minimum atomic E-state index is -0.567. The molecule has 35 heavy (non-hydrogen) atoms. The van der Waals surface area contributed by atoms with Crippen LogP contribution >= 0.6 is 0 Å². The molecule has 2 aliphatic heterocycles. The van der Waals surface area contributed by atoms with Gasteiger partial charge in [0.1, 0.15) is 18.2 Å². The summed E-state index contributed by atoms with van der Waals surface area (Å²) in [5.41, 5.74) is 3.56. The number of aliphatic imine (C=N–C) groups is 1. The van der Waals surface area contributed by atoms with Crippen LogP contribution < -0.4 is 4.90 Å². The number of anilines is 1. The lowest BCUT2D eigenvalue weighted by atomic mass is 10.0. The largest absolute Gasteiger partial charge is 0.445 e. The van der Waals surface area contributed by atoms with Crippen molar-refractivity contribution in [1.82, 2.24) is 4.90 Å². The highest BCUT2D eigenvalue weighted by molar-refractivity contribution is 6.02. The highest BCUT2D eigenvalue weighted by Gasteiger charge is 2.25. The standard InChI is InChI=1S/C28H27F2N3O2/c29-23-7-4-8-24(30)27(23)26-14-13-25(31-26)21-9-11-22(12-10-21)32-15-17-33(18-16-32)28(34)35-19-20-5-2-1-3-6-20/h1-12,25H,13-19H2. The van der Waals surface area contributed by atoms with Gasteiger partial charge in [-0.2, -0.15) is 0 Å². The number of nitrogens with zero attached hydrogens (tertiary/aromatic N) is 3. The van der Waals surface area contributed by atoms with Crippen molar-refractivity contribution >= 4 is 17.5 Å². The molecule has 1 unspecified atom stereocenters. The Morgan fingerprint density at radius 3 is 2.26 bits per heavy atom. The van der Waals surface area contributed by atoms with Gasteiger partial charge < -0.3 is 14.5 Å². The smallest absolute Gasteiger partial charge is 0.410 e. The molecule has 1 fully saturated rings. The first-order chi connectivity index (χ1) is 17.1. The number of hydrogen-bond donors (Lipinski definition) is 0. The Bertz CT molecular complexity index is 1190. The van der Waals surface area contributed by atoms with Crippen molar-refractivity contribution in [3.05, 3.63) is 101 Å². The minimum absolute atomic E-state index is 0.00761. The maximum atomic E-state index is 14.1. The summed E-state index contributed by atoms with van der Waals surface area (Å²) in [4.78, 5) is 21.0. The molecule has 0 aliphatic carbocycles. The van der Waals surface area contributed by atoms with Crippen molar-refractivity contribution in [2.24, 2.45) is 4.99 Å². The maximum Gasteiger partial charge on any atom is 0.410 e. The second kappa shape index (κ2) is 10.3. The van der Waals surface area contributed by atoms with E-state index in [4.69, 9.17) is 4.74 Å². The average Bonchev–Trinajstić information content (AvgIpc) is 3.38. The van der Waals surface area contributed by atoms with Crippen LogP contribution in [0.1, 0.15) is 35.6 Å². The van der Waals surface area contributed by atoms with Gasteiger partial charge in [0.15, 0.2) is 0 Å². The third-order valence-corrected chi connectivity index (χ3v) is 6.60. The number of rotatable bonds is 5. The van der Waals surface area contributed by atoms with Crippen molar-refractivity contribution in [3.63, 3.8) is 0 Å². The van der Waals surface area contributed by atoms with E-state index in [-0.39, 0.29) is 24.3 Å². The second-order valence-corrected chi connectivity index (χ2v) is 8.83. The van der Waals surface area contributed by atoms with Crippen molar-refractivity contribution in [3.8, 4) is 0 Å². The number of benzene rings is 3. The lowest BCUT2D eigenvalue weighted by Gasteiger charge is -2.35. The van der Waals surface area contributed by atoms with Crippen molar-refractivity contribution in [1.29, 1.82) is 0 Å². The fraction of sp³-hybridized carbons (Fsp3) is 0.286. The Labute approximate surface area is 203 Å². The van der Waals surface area contributed by atoms with Crippen LogP contribution in [0.15, 0.2) is 77.8 Å². The van der Waals surface area contributed by atoms with Crippen LogP contribution in [0, 0.1) is 11.6 Å². The van der Waals surface area contributed by atoms with Gasteiger partial charge in [0.25, 0.3) is 0 Å². The van der Waals surface area contributed by atoms with Crippen LogP contribution in [-0.4, -0.2) is 42.9 Å². The molecule has 0 aromatic heterocycles. The number of carbonyl (C=O) groups is 1. The summed E-state index contributed by atoms with van der Waals surface area (Å²) in [6.07, 6.45) is 0.990. The Kier molecular flexibility index (Phi) is 6.75. The fourth-order valence-electron chi connectivity index (χ4n) is 4.66. The first-order valence-electron chi connectivity index (χ1n) is 11.9. The molecular formula is C28H27F2N3O2. The number of ether oxygens (including phenoxy) is 1. The van der Waals surface area contributed by atoms with Crippen LogP contribution in [0.5, 0.6) is 0 Å². The first-order valence-corrected chi connectivity index (χ1v) is 11.9. The zero-order valence-electron chi connectivity index (χ0n) is 19.4. The van der Waals surface area contributed by atoms with Gasteiger partial charge in [0.05, 0.1) is 11.6 Å². The molecule has 0 N–H and O–H groups in total. The zero-order valence-corrected chi connectivity index (χ0v) is 19.4. The molecule has 1 atom stereocenters. The van der Waals surface area contributed by atoms with Crippen molar-refractivity contribution in [2.75, 3.05) is 31.1 Å². The third-order valence-electron chi connectivity index (χ3n) is 6.60. The summed E-state index contributed by atoms with van der Waals surface area (Å²) in [6.45, 7) is 2.91. The summed E-state index contributed by atoms with van der Waals surface area (Å²) in [5.74, 6) is -1.13. The Morgan fingerprint density at radius 2 is 1.57 bits per heavy atom. The average molecular weight is 476 g/mol. The monoisotopic (exact) mass is 475 g/mol. The molecule has 180 valence electrons. The first kappa shape index (κ1) is 23.0. The van der Waals surface area contributed by atoms with Gasteiger partial charge in [0, 0.05) is 37.6 Å². The molecular weight excluding hydrogens is 448 g/mol. The highest BCUT2D eigenvalue weighted by atomic mass is 19.1. The Hall–Kier alpha value is -3.74. The van der Waals surface area contributed by atoms with Crippen LogP contribution in [0.3, 0.4) is 0 Å². The quantitative estimate of drug-likeness (QED) is 0.472. The van der Waals surface area contributed by atoms with Crippen LogP contribution in [0.25, 0.3) is 0 Å². The summed E-state index contributed by atoms with van der Waals surface area (Å²) in [5, 5.41) is 0. The van der Waals surface area contributed by atoms with Gasteiger partial charge in [-0.15, -0.1) is 0 Å². The van der Waals surface area contributed by atoms with E-state index in [1.165, 1.54) is 18.2 Å². The van der Waals surface area contributed by atoms with E-state index in [1.54, 1.807) is 4.90 Å². The zero-order chi connectivity index (χ0) is 24.2. The summed E-state index contributed by atoms with van der Waals surface area (Å²) >= 11 is 0. The lowest BCUT2D eigenvalue weighted by molar-refractivity contribution is 0.0942. The SMILES string of the molecule is O=C(OCc1ccccc1)N1CCN(c2ccc(C3CCC(c4c(F)cccc4F)=N3)cc2)CC1. The molecule has 3 aromatic rings. The van der Waals surface area contributed by atoms with E-state index < -0.39 is 11.6 Å². The summed E-state index contributed by atoms with van der Waals surface area (Å²) in [6, 6.07) is 21.6. The molecule has 5 nitrogen and oxygen atoms in total. The van der Waals surface area contributed by atoms with Crippen LogP contribution in [-0.2, 0) is 11.3 Å². The van der Waals surface area contributed by atoms with E-state index in [2.05, 4.69) is 22.0 Å². The predicted molar refractivity (Wildman–Crippen MR) is 132 cm³/mol. The van der Waals surface area contributed by atoms with Gasteiger partial charge in [-0.05, 0) is 48.2 Å². The minimum Gasteiger partial charge on any atom is -0.445 e. The van der Waals surface area contributed by atoms with Crippen molar-refractivity contribution < 1.29 is 18.3 Å². The summed E-state index contributed by atoms with van der Waals surface area (Å²) < 4.78 is 33.7. The molecule has 0 radical (unpaired) electrons. The van der Waals surface area contributed by atoms with Crippen molar-refractivity contribution in [2.45, 2.75) is 25.5 Å². The molecule has 3 aromatic carbocycles. The van der Waals surface area contributed by atoms with Gasteiger partial charge in [0.2, 0.25) is 0 Å². The van der Waals surface area contributed by atoms with E-state index >= 15 is 0 Å². The lowest BCUT2D eigenvalue weighted by Crippen LogP contribution is -2.48. The number of carbonyl (C=O) groups excluding carboxylic acids is 1. The van der Waals surface area contributed by atoms with Gasteiger partial charge >= 0.3 is 6.09 Å². The van der Waals surface area contributed by atoms with Gasteiger partial charge in [-0.1, -0.05) is 48.5 Å². The van der Waals surface area contributed by atoms with E-state index in [0.717, 1.165) is 36.3 Å². The van der Waals surface area contributed by atoms with Gasteiger partial charge in [-0.25, -0.2) is 13.6 Å². The molecule has 7 heteroatoms. The van der Waals surface area contributed by atoms with Gasteiger partial charge in [-0.3, -0.25) is 4.99 Å². The topological polar surface area (TPSA) is 45.1 Å². The predicted octanol–water partition coefficient (Wildman–Crippen LogP) is 5.75.